The maximum absolute atomic E-state index is 13.9. The lowest BCUT2D eigenvalue weighted by atomic mass is 10.1. The summed E-state index contributed by atoms with van der Waals surface area (Å²) in [6.45, 7) is 3.86. The van der Waals surface area contributed by atoms with Gasteiger partial charge in [0.15, 0.2) is 11.5 Å². The Labute approximate surface area is 185 Å². The fourth-order valence-corrected chi connectivity index (χ4v) is 3.51. The molecule has 0 aliphatic carbocycles. The molecule has 4 nitrogen and oxygen atoms in total. The SMILES string of the molecule is CCOc1cc(CNCc2ccccc2OC)c(Br)cc1OCc1ccccc1F. The Morgan fingerprint density at radius 2 is 1.50 bits per heavy atom. The molecule has 0 saturated heterocycles. The Morgan fingerprint density at radius 1 is 0.833 bits per heavy atom. The molecule has 0 heterocycles. The van der Waals surface area contributed by atoms with Gasteiger partial charge in [-0.1, -0.05) is 52.3 Å². The number of hydrogen-bond donors (Lipinski definition) is 1. The van der Waals surface area contributed by atoms with E-state index in [2.05, 4.69) is 21.2 Å². The van der Waals surface area contributed by atoms with Gasteiger partial charge in [0.25, 0.3) is 0 Å². The molecule has 0 fully saturated rings. The lowest BCUT2D eigenvalue weighted by Gasteiger charge is -2.16. The molecule has 6 heteroatoms. The monoisotopic (exact) mass is 473 g/mol. The number of methoxy groups -OCH3 is 1. The van der Waals surface area contributed by atoms with Gasteiger partial charge < -0.3 is 19.5 Å². The quantitative estimate of drug-likeness (QED) is 0.400. The van der Waals surface area contributed by atoms with E-state index in [4.69, 9.17) is 14.2 Å². The summed E-state index contributed by atoms with van der Waals surface area (Å²) in [4.78, 5) is 0. The second-order valence-electron chi connectivity index (χ2n) is 6.62. The molecule has 3 aromatic carbocycles. The molecule has 0 saturated carbocycles. The van der Waals surface area contributed by atoms with E-state index in [0.29, 0.717) is 36.8 Å². The van der Waals surface area contributed by atoms with E-state index < -0.39 is 0 Å². The van der Waals surface area contributed by atoms with Crippen LogP contribution in [0.2, 0.25) is 0 Å². The molecule has 0 bridgehead atoms. The third-order valence-electron chi connectivity index (χ3n) is 4.58. The molecule has 0 amide bonds. The van der Waals surface area contributed by atoms with E-state index in [-0.39, 0.29) is 12.4 Å². The molecule has 30 heavy (non-hydrogen) atoms. The number of nitrogens with one attached hydrogen (secondary N) is 1. The molecule has 0 spiro atoms. The molecular formula is C24H25BrFNO3. The van der Waals surface area contributed by atoms with Crippen LogP contribution in [0.15, 0.2) is 65.1 Å². The molecule has 3 rings (SSSR count). The van der Waals surface area contributed by atoms with Crippen LogP contribution < -0.4 is 19.5 Å². The topological polar surface area (TPSA) is 39.7 Å². The van der Waals surface area contributed by atoms with Crippen molar-refractivity contribution in [1.29, 1.82) is 0 Å². The Balaban J connectivity index is 1.70. The van der Waals surface area contributed by atoms with Gasteiger partial charge in [-0.05, 0) is 36.8 Å². The first-order chi connectivity index (χ1) is 14.6. The lowest BCUT2D eigenvalue weighted by molar-refractivity contribution is 0.265. The summed E-state index contributed by atoms with van der Waals surface area (Å²) in [6.07, 6.45) is 0. The van der Waals surface area contributed by atoms with Crippen LogP contribution in [0.1, 0.15) is 23.6 Å². The van der Waals surface area contributed by atoms with Crippen molar-refractivity contribution in [2.75, 3.05) is 13.7 Å². The molecule has 0 aliphatic heterocycles. The Morgan fingerprint density at radius 3 is 2.23 bits per heavy atom. The molecule has 0 aromatic heterocycles. The molecular weight excluding hydrogens is 449 g/mol. The van der Waals surface area contributed by atoms with Gasteiger partial charge in [-0.25, -0.2) is 4.39 Å². The van der Waals surface area contributed by atoms with Crippen molar-refractivity contribution >= 4 is 15.9 Å². The highest BCUT2D eigenvalue weighted by molar-refractivity contribution is 9.10. The number of halogens is 2. The second-order valence-corrected chi connectivity index (χ2v) is 7.47. The lowest BCUT2D eigenvalue weighted by Crippen LogP contribution is -2.14. The predicted molar refractivity (Wildman–Crippen MR) is 120 cm³/mol. The molecule has 0 unspecified atom stereocenters. The fraction of sp³-hybridized carbons (Fsp3) is 0.250. The molecule has 158 valence electrons. The predicted octanol–water partition coefficient (Wildman–Crippen LogP) is 5.86. The van der Waals surface area contributed by atoms with Crippen molar-refractivity contribution in [2.24, 2.45) is 0 Å². The van der Waals surface area contributed by atoms with Crippen molar-refractivity contribution < 1.29 is 18.6 Å². The first kappa shape index (κ1) is 22.1. The van der Waals surface area contributed by atoms with Crippen molar-refractivity contribution in [3.63, 3.8) is 0 Å². The summed E-state index contributed by atoms with van der Waals surface area (Å²) in [7, 11) is 1.67. The summed E-state index contributed by atoms with van der Waals surface area (Å²) < 4.78 is 31.8. The zero-order valence-corrected chi connectivity index (χ0v) is 18.7. The largest absolute Gasteiger partial charge is 0.496 e. The minimum absolute atomic E-state index is 0.130. The van der Waals surface area contributed by atoms with Gasteiger partial charge in [-0.15, -0.1) is 0 Å². The van der Waals surface area contributed by atoms with Gasteiger partial charge in [0.1, 0.15) is 18.2 Å². The van der Waals surface area contributed by atoms with Crippen LogP contribution in [0.5, 0.6) is 17.2 Å². The van der Waals surface area contributed by atoms with Crippen LogP contribution in [-0.4, -0.2) is 13.7 Å². The third kappa shape index (κ3) is 5.74. The van der Waals surface area contributed by atoms with Crippen molar-refractivity contribution in [1.82, 2.24) is 5.32 Å². The van der Waals surface area contributed by atoms with Crippen molar-refractivity contribution in [2.45, 2.75) is 26.6 Å². The standard InChI is InChI=1S/C24H25BrFNO3/c1-3-29-23-12-19(15-27-14-17-8-5-7-11-22(17)28-2)20(25)13-24(23)30-16-18-9-4-6-10-21(18)26/h4-13,27H,3,14-16H2,1-2H3. The van der Waals surface area contributed by atoms with E-state index in [0.717, 1.165) is 21.3 Å². The summed E-state index contributed by atoms with van der Waals surface area (Å²) in [5.74, 6) is 1.77. The Hall–Kier alpha value is -2.57. The number of ether oxygens (including phenoxy) is 3. The van der Waals surface area contributed by atoms with E-state index in [9.17, 15) is 4.39 Å². The maximum Gasteiger partial charge on any atom is 0.162 e. The van der Waals surface area contributed by atoms with Gasteiger partial charge in [-0.3, -0.25) is 0 Å². The molecule has 3 aromatic rings. The zero-order chi connectivity index (χ0) is 21.3. The van der Waals surface area contributed by atoms with Crippen LogP contribution in [0.3, 0.4) is 0 Å². The van der Waals surface area contributed by atoms with Gasteiger partial charge in [0.05, 0.1) is 13.7 Å². The number of benzene rings is 3. The Kier molecular flexibility index (Phi) is 8.11. The first-order valence-electron chi connectivity index (χ1n) is 9.76. The number of hydrogen-bond acceptors (Lipinski definition) is 4. The van der Waals surface area contributed by atoms with Gasteiger partial charge in [0, 0.05) is 28.7 Å². The van der Waals surface area contributed by atoms with Gasteiger partial charge >= 0.3 is 0 Å². The summed E-state index contributed by atoms with van der Waals surface area (Å²) in [6, 6.07) is 18.3. The number of rotatable bonds is 10. The van der Waals surface area contributed by atoms with E-state index >= 15 is 0 Å². The number of para-hydroxylation sites is 1. The van der Waals surface area contributed by atoms with Crippen LogP contribution in [0, 0.1) is 5.82 Å². The summed E-state index contributed by atoms with van der Waals surface area (Å²) in [5.41, 5.74) is 2.62. The van der Waals surface area contributed by atoms with E-state index in [1.165, 1.54) is 6.07 Å². The minimum atomic E-state index is -0.285. The average Bonchev–Trinajstić information content (AvgIpc) is 2.76. The third-order valence-corrected chi connectivity index (χ3v) is 5.32. The molecule has 0 radical (unpaired) electrons. The van der Waals surface area contributed by atoms with E-state index in [1.807, 2.05) is 43.3 Å². The van der Waals surface area contributed by atoms with Crippen LogP contribution >= 0.6 is 15.9 Å². The zero-order valence-electron chi connectivity index (χ0n) is 17.1. The van der Waals surface area contributed by atoms with Crippen LogP contribution in [0.4, 0.5) is 4.39 Å². The second kappa shape index (κ2) is 11.0. The highest BCUT2D eigenvalue weighted by atomic mass is 79.9. The minimum Gasteiger partial charge on any atom is -0.496 e. The van der Waals surface area contributed by atoms with Gasteiger partial charge in [0.2, 0.25) is 0 Å². The van der Waals surface area contributed by atoms with E-state index in [1.54, 1.807) is 25.3 Å². The molecule has 0 atom stereocenters. The normalized spacial score (nSPS) is 10.7. The smallest absolute Gasteiger partial charge is 0.162 e. The van der Waals surface area contributed by atoms with Crippen molar-refractivity contribution in [3.8, 4) is 17.2 Å². The first-order valence-corrected chi connectivity index (χ1v) is 10.6. The summed E-state index contributed by atoms with van der Waals surface area (Å²) in [5, 5.41) is 3.43. The summed E-state index contributed by atoms with van der Waals surface area (Å²) >= 11 is 3.61. The van der Waals surface area contributed by atoms with Gasteiger partial charge in [-0.2, -0.15) is 0 Å². The fourth-order valence-electron chi connectivity index (χ4n) is 3.05. The van der Waals surface area contributed by atoms with Crippen molar-refractivity contribution in [3.05, 3.63) is 87.6 Å². The highest BCUT2D eigenvalue weighted by Gasteiger charge is 2.12. The molecule has 1 N–H and O–H groups in total. The Bertz CT molecular complexity index is 980. The van der Waals surface area contributed by atoms with Crippen LogP contribution in [-0.2, 0) is 19.7 Å². The van der Waals surface area contributed by atoms with Crippen LogP contribution in [0.25, 0.3) is 0 Å². The highest BCUT2D eigenvalue weighted by Crippen LogP contribution is 2.34. The molecule has 0 aliphatic rings. The average molecular weight is 474 g/mol. The maximum atomic E-state index is 13.9.